The zero-order valence-corrected chi connectivity index (χ0v) is 15.5. The molecule has 0 spiro atoms. The fourth-order valence-electron chi connectivity index (χ4n) is 3.16. The number of nitrogens with zero attached hydrogens (tertiary/aromatic N) is 3. The van der Waals surface area contributed by atoms with E-state index in [-0.39, 0.29) is 18.0 Å². The van der Waals surface area contributed by atoms with Crippen LogP contribution < -0.4 is 10.9 Å². The molecule has 0 saturated heterocycles. The van der Waals surface area contributed by atoms with Crippen LogP contribution in [0.25, 0.3) is 16.7 Å². The first kappa shape index (κ1) is 17.7. The summed E-state index contributed by atoms with van der Waals surface area (Å²) in [5.41, 5.74) is 3.11. The van der Waals surface area contributed by atoms with Crippen LogP contribution in [0.5, 0.6) is 0 Å². The first-order valence-electron chi connectivity index (χ1n) is 9.08. The highest BCUT2D eigenvalue weighted by atomic mass is 16.2. The van der Waals surface area contributed by atoms with Crippen LogP contribution in [0.4, 0.5) is 0 Å². The lowest BCUT2D eigenvalue weighted by Crippen LogP contribution is -2.31. The summed E-state index contributed by atoms with van der Waals surface area (Å²) in [6.45, 7) is 2.41. The highest BCUT2D eigenvalue weighted by Gasteiger charge is 2.17. The molecule has 0 unspecified atom stereocenters. The monoisotopic (exact) mass is 372 g/mol. The molecule has 0 aliphatic rings. The second-order valence-corrected chi connectivity index (χ2v) is 6.65. The molecule has 0 bridgehead atoms. The summed E-state index contributed by atoms with van der Waals surface area (Å²) < 4.78 is 3.14. The van der Waals surface area contributed by atoms with E-state index < -0.39 is 0 Å². The first-order valence-corrected chi connectivity index (χ1v) is 9.08. The maximum absolute atomic E-state index is 13.0. The number of aryl methyl sites for hydroxylation is 1. The average molecular weight is 372 g/mol. The number of carbonyl (C=O) groups excluding carboxylic acids is 1. The van der Waals surface area contributed by atoms with Crippen molar-refractivity contribution in [2.45, 2.75) is 20.0 Å². The van der Waals surface area contributed by atoms with Gasteiger partial charge in [0.15, 0.2) is 5.65 Å². The molecule has 0 radical (unpaired) electrons. The van der Waals surface area contributed by atoms with Crippen molar-refractivity contribution < 1.29 is 4.79 Å². The van der Waals surface area contributed by atoms with E-state index in [0.717, 1.165) is 11.1 Å². The predicted molar refractivity (Wildman–Crippen MR) is 108 cm³/mol. The van der Waals surface area contributed by atoms with Crippen LogP contribution in [0, 0.1) is 6.92 Å². The van der Waals surface area contributed by atoms with Gasteiger partial charge in [0, 0.05) is 12.7 Å². The van der Waals surface area contributed by atoms with E-state index in [0.29, 0.717) is 23.3 Å². The number of fused-ring (bicyclic) bond motifs is 1. The molecule has 0 fully saturated rings. The van der Waals surface area contributed by atoms with Crippen molar-refractivity contribution in [1.82, 2.24) is 19.7 Å². The van der Waals surface area contributed by atoms with Crippen LogP contribution in [0.15, 0.2) is 77.7 Å². The molecular weight excluding hydrogens is 352 g/mol. The summed E-state index contributed by atoms with van der Waals surface area (Å²) >= 11 is 0. The Hall–Kier alpha value is -3.67. The number of rotatable bonds is 5. The third-order valence-electron chi connectivity index (χ3n) is 4.60. The number of pyridine rings is 1. The van der Waals surface area contributed by atoms with Crippen molar-refractivity contribution in [1.29, 1.82) is 0 Å². The van der Waals surface area contributed by atoms with Gasteiger partial charge in [0.2, 0.25) is 5.91 Å². The molecule has 0 saturated carbocycles. The van der Waals surface area contributed by atoms with Crippen molar-refractivity contribution in [3.05, 3.63) is 94.4 Å². The maximum Gasteiger partial charge on any atom is 0.280 e. The summed E-state index contributed by atoms with van der Waals surface area (Å²) in [4.78, 5) is 29.9. The molecule has 140 valence electrons. The summed E-state index contributed by atoms with van der Waals surface area (Å²) in [6, 6.07) is 20.8. The Kier molecular flexibility index (Phi) is 4.76. The summed E-state index contributed by atoms with van der Waals surface area (Å²) in [5.74, 6) is -0.188. The third kappa shape index (κ3) is 3.44. The van der Waals surface area contributed by atoms with Gasteiger partial charge < -0.3 is 5.32 Å². The zero-order valence-electron chi connectivity index (χ0n) is 15.5. The van der Waals surface area contributed by atoms with Crippen molar-refractivity contribution in [3.8, 4) is 5.69 Å². The predicted octanol–water partition coefficient (Wildman–Crippen LogP) is 2.81. The number of hydrogen-bond donors (Lipinski definition) is 1. The van der Waals surface area contributed by atoms with E-state index in [1.165, 1.54) is 4.68 Å². The van der Waals surface area contributed by atoms with Crippen molar-refractivity contribution in [2.75, 3.05) is 0 Å². The molecule has 6 heteroatoms. The Bertz CT molecular complexity index is 1170. The molecule has 1 amide bonds. The molecular formula is C22H20N4O2. The molecule has 0 atom stereocenters. The Morgan fingerprint density at radius 2 is 1.75 bits per heavy atom. The number of benzene rings is 2. The van der Waals surface area contributed by atoms with Gasteiger partial charge in [0.05, 0.1) is 11.1 Å². The van der Waals surface area contributed by atoms with Crippen molar-refractivity contribution >= 4 is 16.9 Å². The number of nitrogens with one attached hydrogen (secondary N) is 1. The van der Waals surface area contributed by atoms with Gasteiger partial charge in [-0.15, -0.1) is 0 Å². The number of amides is 1. The fraction of sp³-hybridized carbons (Fsp3) is 0.136. The van der Waals surface area contributed by atoms with Crippen molar-refractivity contribution in [3.63, 3.8) is 0 Å². The Labute approximate surface area is 162 Å². The molecule has 2 aromatic carbocycles. The van der Waals surface area contributed by atoms with Gasteiger partial charge in [-0.05, 0) is 36.8 Å². The van der Waals surface area contributed by atoms with Crippen LogP contribution >= 0.6 is 0 Å². The molecule has 28 heavy (non-hydrogen) atoms. The van der Waals surface area contributed by atoms with Crippen LogP contribution in [0.2, 0.25) is 0 Å². The molecule has 0 aliphatic carbocycles. The van der Waals surface area contributed by atoms with E-state index in [4.69, 9.17) is 0 Å². The van der Waals surface area contributed by atoms with Crippen LogP contribution in [-0.4, -0.2) is 20.3 Å². The van der Waals surface area contributed by atoms with Gasteiger partial charge in [-0.25, -0.2) is 9.67 Å². The van der Waals surface area contributed by atoms with E-state index in [2.05, 4.69) is 10.3 Å². The van der Waals surface area contributed by atoms with Crippen molar-refractivity contribution in [2.24, 2.45) is 0 Å². The van der Waals surface area contributed by atoms with E-state index in [1.54, 1.807) is 23.0 Å². The minimum atomic E-state index is -0.192. The van der Waals surface area contributed by atoms with Gasteiger partial charge in [-0.2, -0.15) is 0 Å². The highest BCUT2D eigenvalue weighted by molar-refractivity contribution is 5.80. The Morgan fingerprint density at radius 1 is 1.00 bits per heavy atom. The summed E-state index contributed by atoms with van der Waals surface area (Å²) in [5, 5.41) is 3.39. The SMILES string of the molecule is Cc1ccc(-n2c(=O)c3cccnc3n2CC(=O)NCc2ccccc2)cc1. The molecule has 6 nitrogen and oxygen atoms in total. The third-order valence-corrected chi connectivity index (χ3v) is 4.60. The van der Waals surface area contributed by atoms with E-state index >= 15 is 0 Å². The van der Waals surface area contributed by atoms with E-state index in [9.17, 15) is 9.59 Å². The second kappa shape index (κ2) is 7.52. The van der Waals surface area contributed by atoms with Crippen LogP contribution in [0.3, 0.4) is 0 Å². The Morgan fingerprint density at radius 3 is 2.50 bits per heavy atom. The molecule has 0 aliphatic heterocycles. The molecule has 4 aromatic rings. The quantitative estimate of drug-likeness (QED) is 0.586. The number of aromatic nitrogens is 3. The minimum absolute atomic E-state index is 0.00351. The second-order valence-electron chi connectivity index (χ2n) is 6.65. The smallest absolute Gasteiger partial charge is 0.280 e. The lowest BCUT2D eigenvalue weighted by molar-refractivity contribution is -0.122. The Balaban J connectivity index is 1.69. The van der Waals surface area contributed by atoms with Gasteiger partial charge in [0.1, 0.15) is 6.54 Å². The summed E-state index contributed by atoms with van der Waals surface area (Å²) in [6.07, 6.45) is 1.62. The number of hydrogen-bond acceptors (Lipinski definition) is 3. The lowest BCUT2D eigenvalue weighted by atomic mass is 10.2. The molecule has 1 N–H and O–H groups in total. The van der Waals surface area contributed by atoms with Gasteiger partial charge in [-0.1, -0.05) is 48.0 Å². The molecule has 4 rings (SSSR count). The highest BCUT2D eigenvalue weighted by Crippen LogP contribution is 2.14. The zero-order chi connectivity index (χ0) is 19.5. The average Bonchev–Trinajstić information content (AvgIpc) is 3.00. The first-order chi connectivity index (χ1) is 13.6. The molecule has 2 aromatic heterocycles. The lowest BCUT2D eigenvalue weighted by Gasteiger charge is -2.13. The normalized spacial score (nSPS) is 10.9. The topological polar surface area (TPSA) is 68.9 Å². The van der Waals surface area contributed by atoms with Gasteiger partial charge >= 0.3 is 0 Å². The largest absolute Gasteiger partial charge is 0.350 e. The minimum Gasteiger partial charge on any atom is -0.350 e. The van der Waals surface area contributed by atoms with Crippen LogP contribution in [0.1, 0.15) is 11.1 Å². The fourth-order valence-corrected chi connectivity index (χ4v) is 3.16. The molecule has 2 heterocycles. The van der Waals surface area contributed by atoms with Crippen LogP contribution in [-0.2, 0) is 17.9 Å². The van der Waals surface area contributed by atoms with E-state index in [1.807, 2.05) is 61.5 Å². The van der Waals surface area contributed by atoms with Gasteiger partial charge in [0.25, 0.3) is 5.56 Å². The summed E-state index contributed by atoms with van der Waals surface area (Å²) in [7, 11) is 0. The van der Waals surface area contributed by atoms with Gasteiger partial charge in [-0.3, -0.25) is 14.3 Å². The number of carbonyl (C=O) groups is 1. The maximum atomic E-state index is 13.0. The standard InChI is InChI=1S/C22H20N4O2/c1-16-9-11-18(12-10-16)26-22(28)19-8-5-13-23-21(19)25(26)15-20(27)24-14-17-6-3-2-4-7-17/h2-13H,14-15H2,1H3,(H,24,27).